The molecular weight excluding hydrogens is 337 g/mol. The second-order valence-electron chi connectivity index (χ2n) is 7.51. The van der Waals surface area contributed by atoms with E-state index in [2.05, 4.69) is 64.9 Å². The van der Waals surface area contributed by atoms with Crippen LogP contribution in [0.15, 0.2) is 60.8 Å². The summed E-state index contributed by atoms with van der Waals surface area (Å²) in [6.07, 6.45) is 3.03. The fourth-order valence-corrected chi connectivity index (χ4v) is 3.70. The lowest BCUT2D eigenvalue weighted by Crippen LogP contribution is -2.45. The van der Waals surface area contributed by atoms with Crippen molar-refractivity contribution >= 4 is 5.82 Å². The fraction of sp³-hybridized carbons (Fsp3) is 0.304. The van der Waals surface area contributed by atoms with Gasteiger partial charge in [0.15, 0.2) is 0 Å². The molecule has 0 N–H and O–H groups in total. The SMILES string of the molecule is Cc1cccc(-n2cc(Cc3ccc(F)cc3)cc2N2CCN(C)CC2)c1. The zero-order chi connectivity index (χ0) is 18.8. The molecule has 0 radical (unpaired) electrons. The Bertz CT molecular complexity index is 906. The molecule has 4 heteroatoms. The van der Waals surface area contributed by atoms with Crippen molar-refractivity contribution in [2.24, 2.45) is 0 Å². The first kappa shape index (κ1) is 17.8. The van der Waals surface area contributed by atoms with E-state index >= 15 is 0 Å². The number of rotatable bonds is 4. The van der Waals surface area contributed by atoms with E-state index in [1.165, 1.54) is 34.8 Å². The minimum Gasteiger partial charge on any atom is -0.355 e. The summed E-state index contributed by atoms with van der Waals surface area (Å²) in [4.78, 5) is 4.84. The summed E-state index contributed by atoms with van der Waals surface area (Å²) in [7, 11) is 2.18. The lowest BCUT2D eigenvalue weighted by atomic mass is 10.1. The maximum absolute atomic E-state index is 13.2. The Balaban J connectivity index is 1.69. The minimum atomic E-state index is -0.186. The molecule has 0 unspecified atom stereocenters. The second-order valence-corrected chi connectivity index (χ2v) is 7.51. The van der Waals surface area contributed by atoms with E-state index in [1.54, 1.807) is 0 Å². The summed E-state index contributed by atoms with van der Waals surface area (Å²) in [6, 6.07) is 17.7. The molecule has 0 atom stereocenters. The molecule has 4 rings (SSSR count). The highest BCUT2D eigenvalue weighted by Crippen LogP contribution is 2.27. The molecule has 1 aliphatic heterocycles. The summed E-state index contributed by atoms with van der Waals surface area (Å²) >= 11 is 0. The Labute approximate surface area is 160 Å². The van der Waals surface area contributed by atoms with E-state index in [4.69, 9.17) is 0 Å². The third-order valence-electron chi connectivity index (χ3n) is 5.28. The van der Waals surface area contributed by atoms with Gasteiger partial charge < -0.3 is 14.4 Å². The average molecular weight is 363 g/mol. The quantitative estimate of drug-likeness (QED) is 0.686. The van der Waals surface area contributed by atoms with Crippen molar-refractivity contribution in [2.75, 3.05) is 38.1 Å². The van der Waals surface area contributed by atoms with Gasteiger partial charge >= 0.3 is 0 Å². The molecule has 1 saturated heterocycles. The van der Waals surface area contributed by atoms with Gasteiger partial charge in [-0.25, -0.2) is 4.39 Å². The maximum atomic E-state index is 13.2. The number of aromatic nitrogens is 1. The largest absolute Gasteiger partial charge is 0.355 e. The van der Waals surface area contributed by atoms with Crippen LogP contribution >= 0.6 is 0 Å². The number of hydrogen-bond acceptors (Lipinski definition) is 2. The van der Waals surface area contributed by atoms with Crippen molar-refractivity contribution in [1.82, 2.24) is 9.47 Å². The number of nitrogens with zero attached hydrogens (tertiary/aromatic N) is 3. The van der Waals surface area contributed by atoms with Gasteiger partial charge in [0.1, 0.15) is 11.6 Å². The molecule has 0 amide bonds. The van der Waals surface area contributed by atoms with E-state index in [-0.39, 0.29) is 5.82 Å². The Morgan fingerprint density at radius 2 is 1.63 bits per heavy atom. The van der Waals surface area contributed by atoms with Crippen molar-refractivity contribution in [3.05, 3.63) is 83.3 Å². The standard InChI is InChI=1S/C23H26FN3/c1-18-4-3-5-22(14-18)27-17-20(15-19-6-8-21(24)9-7-19)16-23(27)26-12-10-25(2)11-13-26/h3-9,14,16-17H,10-13,15H2,1-2H3. The second kappa shape index (κ2) is 7.57. The van der Waals surface area contributed by atoms with Crippen LogP contribution in [0.2, 0.25) is 0 Å². The lowest BCUT2D eigenvalue weighted by Gasteiger charge is -2.34. The van der Waals surface area contributed by atoms with Gasteiger partial charge in [-0.1, -0.05) is 24.3 Å². The van der Waals surface area contributed by atoms with Gasteiger partial charge in [-0.2, -0.15) is 0 Å². The predicted octanol–water partition coefficient (Wildman–Crippen LogP) is 4.27. The fourth-order valence-electron chi connectivity index (χ4n) is 3.70. The molecule has 2 aromatic carbocycles. The molecule has 1 fully saturated rings. The Morgan fingerprint density at radius 3 is 2.33 bits per heavy atom. The summed E-state index contributed by atoms with van der Waals surface area (Å²) in [6.45, 7) is 6.34. The molecule has 0 bridgehead atoms. The molecule has 140 valence electrons. The van der Waals surface area contributed by atoms with Crippen molar-refractivity contribution < 1.29 is 4.39 Å². The van der Waals surface area contributed by atoms with Crippen molar-refractivity contribution in [3.63, 3.8) is 0 Å². The van der Waals surface area contributed by atoms with E-state index in [0.29, 0.717) is 0 Å². The molecule has 0 spiro atoms. The Hall–Kier alpha value is -2.59. The van der Waals surface area contributed by atoms with Crippen LogP contribution in [0, 0.1) is 12.7 Å². The first-order valence-electron chi connectivity index (χ1n) is 9.55. The van der Waals surface area contributed by atoms with Crippen LogP contribution in [0.3, 0.4) is 0 Å². The number of likely N-dealkylation sites (N-methyl/N-ethyl adjacent to an activating group) is 1. The zero-order valence-electron chi connectivity index (χ0n) is 16.0. The van der Waals surface area contributed by atoms with Crippen LogP contribution < -0.4 is 4.90 Å². The van der Waals surface area contributed by atoms with E-state index in [9.17, 15) is 4.39 Å². The monoisotopic (exact) mass is 363 g/mol. The highest BCUT2D eigenvalue weighted by molar-refractivity contribution is 5.53. The minimum absolute atomic E-state index is 0.186. The third-order valence-corrected chi connectivity index (χ3v) is 5.28. The molecular formula is C23H26FN3. The number of benzene rings is 2. The normalized spacial score (nSPS) is 15.3. The van der Waals surface area contributed by atoms with Gasteiger partial charge in [0.05, 0.1) is 0 Å². The summed E-state index contributed by atoms with van der Waals surface area (Å²) < 4.78 is 15.5. The van der Waals surface area contributed by atoms with Gasteiger partial charge in [-0.15, -0.1) is 0 Å². The number of aryl methyl sites for hydroxylation is 1. The molecule has 3 nitrogen and oxygen atoms in total. The lowest BCUT2D eigenvalue weighted by molar-refractivity contribution is 0.311. The van der Waals surface area contributed by atoms with Crippen molar-refractivity contribution in [3.8, 4) is 5.69 Å². The third kappa shape index (κ3) is 4.06. The molecule has 0 saturated carbocycles. The number of hydrogen-bond donors (Lipinski definition) is 0. The highest BCUT2D eigenvalue weighted by atomic mass is 19.1. The molecule has 0 aliphatic carbocycles. The van der Waals surface area contributed by atoms with Crippen LogP contribution in [-0.2, 0) is 6.42 Å². The zero-order valence-corrected chi connectivity index (χ0v) is 16.0. The topological polar surface area (TPSA) is 11.4 Å². The van der Waals surface area contributed by atoms with E-state index in [1.807, 2.05) is 12.1 Å². The summed E-state index contributed by atoms with van der Waals surface area (Å²) in [5, 5.41) is 0. The molecule has 2 heterocycles. The van der Waals surface area contributed by atoms with Gasteiger partial charge in [-0.3, -0.25) is 0 Å². The van der Waals surface area contributed by atoms with Gasteiger partial charge in [0, 0.05) is 38.1 Å². The number of anilines is 1. The van der Waals surface area contributed by atoms with Gasteiger partial charge in [0.2, 0.25) is 0 Å². The van der Waals surface area contributed by atoms with E-state index in [0.717, 1.165) is 38.2 Å². The molecule has 1 aromatic heterocycles. The smallest absolute Gasteiger partial charge is 0.123 e. The Kier molecular flexibility index (Phi) is 4.99. The van der Waals surface area contributed by atoms with Gasteiger partial charge in [-0.05, 0) is 67.4 Å². The van der Waals surface area contributed by atoms with Gasteiger partial charge in [0.25, 0.3) is 0 Å². The number of halogens is 1. The van der Waals surface area contributed by atoms with Crippen LogP contribution in [0.25, 0.3) is 5.69 Å². The van der Waals surface area contributed by atoms with Crippen LogP contribution in [-0.4, -0.2) is 42.7 Å². The van der Waals surface area contributed by atoms with Crippen LogP contribution in [0.1, 0.15) is 16.7 Å². The summed E-state index contributed by atoms with van der Waals surface area (Å²) in [5.41, 5.74) is 4.82. The predicted molar refractivity (Wildman–Crippen MR) is 109 cm³/mol. The van der Waals surface area contributed by atoms with Crippen molar-refractivity contribution in [1.29, 1.82) is 0 Å². The van der Waals surface area contributed by atoms with Crippen molar-refractivity contribution in [2.45, 2.75) is 13.3 Å². The Morgan fingerprint density at radius 1 is 0.889 bits per heavy atom. The van der Waals surface area contributed by atoms with Crippen LogP contribution in [0.4, 0.5) is 10.2 Å². The van der Waals surface area contributed by atoms with Crippen LogP contribution in [0.5, 0.6) is 0 Å². The average Bonchev–Trinajstić information content (AvgIpc) is 3.08. The first-order chi connectivity index (χ1) is 13.1. The van der Waals surface area contributed by atoms with E-state index < -0.39 is 0 Å². The summed E-state index contributed by atoms with van der Waals surface area (Å²) in [5.74, 6) is 1.06. The molecule has 1 aliphatic rings. The first-order valence-corrected chi connectivity index (χ1v) is 9.55. The number of piperazine rings is 1. The highest BCUT2D eigenvalue weighted by Gasteiger charge is 2.19. The molecule has 27 heavy (non-hydrogen) atoms. The maximum Gasteiger partial charge on any atom is 0.123 e. The molecule has 3 aromatic rings.